The van der Waals surface area contributed by atoms with E-state index in [1.165, 1.54) is 13.3 Å². The van der Waals surface area contributed by atoms with Crippen LogP contribution in [0.4, 0.5) is 0 Å². The quantitative estimate of drug-likeness (QED) is 0.277. The third-order valence-corrected chi connectivity index (χ3v) is 3.70. The van der Waals surface area contributed by atoms with Crippen LogP contribution in [0.15, 0.2) is 57.6 Å². The van der Waals surface area contributed by atoms with Crippen LogP contribution in [-0.4, -0.2) is 37.0 Å². The Balaban J connectivity index is 2.01. The standard InChI is InChI=1S/C17H17N3O4S/c1-11(2)10-24-13-6-4-5-12(7-13)9-18-20-17-19-16(22)14(25-17)8-15(21)23-3/h4-9H,1,10H2,2-3H3,(H,19,20,22)/b14-8+,18-9?. The number of nitrogens with one attached hydrogen (secondary N) is 1. The molecule has 25 heavy (non-hydrogen) atoms. The third kappa shape index (κ3) is 5.92. The minimum Gasteiger partial charge on any atom is -0.489 e. The van der Waals surface area contributed by atoms with Gasteiger partial charge in [-0.3, -0.25) is 10.1 Å². The van der Waals surface area contributed by atoms with Gasteiger partial charge in [-0.05, 0) is 42.0 Å². The molecular weight excluding hydrogens is 342 g/mol. The molecule has 0 radical (unpaired) electrons. The Labute approximate surface area is 149 Å². The van der Waals surface area contributed by atoms with Crippen LogP contribution in [0.25, 0.3) is 0 Å². The number of hydrogen-bond acceptors (Lipinski definition) is 7. The highest BCUT2D eigenvalue weighted by Gasteiger charge is 2.24. The molecular formula is C17H17N3O4S. The first kappa shape index (κ1) is 18.5. The third-order valence-electron chi connectivity index (χ3n) is 2.80. The zero-order valence-corrected chi connectivity index (χ0v) is 14.6. The highest BCUT2D eigenvalue weighted by atomic mass is 32.2. The summed E-state index contributed by atoms with van der Waals surface area (Å²) in [7, 11) is 1.24. The van der Waals surface area contributed by atoms with Gasteiger partial charge in [0.05, 0.1) is 18.2 Å². The molecule has 0 unspecified atom stereocenters. The topological polar surface area (TPSA) is 89.4 Å². The number of amidine groups is 1. The molecule has 0 aromatic heterocycles. The van der Waals surface area contributed by atoms with Crippen molar-refractivity contribution in [3.8, 4) is 5.75 Å². The van der Waals surface area contributed by atoms with Gasteiger partial charge < -0.3 is 9.47 Å². The van der Waals surface area contributed by atoms with Gasteiger partial charge in [-0.1, -0.05) is 18.7 Å². The summed E-state index contributed by atoms with van der Waals surface area (Å²) in [4.78, 5) is 23.0. The van der Waals surface area contributed by atoms with Crippen LogP contribution in [0, 0.1) is 0 Å². The van der Waals surface area contributed by atoms with Crippen LogP contribution in [0.3, 0.4) is 0 Å². The van der Waals surface area contributed by atoms with Crippen molar-refractivity contribution in [1.82, 2.24) is 5.32 Å². The molecule has 1 aliphatic rings. The predicted molar refractivity (Wildman–Crippen MR) is 97.6 cm³/mol. The molecule has 1 heterocycles. The normalized spacial score (nSPS) is 17.1. The minimum atomic E-state index is -0.603. The van der Waals surface area contributed by atoms with Crippen molar-refractivity contribution in [3.63, 3.8) is 0 Å². The molecule has 8 heteroatoms. The van der Waals surface area contributed by atoms with E-state index < -0.39 is 11.9 Å². The number of thioether (sulfide) groups is 1. The molecule has 1 fully saturated rings. The van der Waals surface area contributed by atoms with Gasteiger partial charge in [-0.2, -0.15) is 5.10 Å². The molecule has 1 aromatic carbocycles. The summed E-state index contributed by atoms with van der Waals surface area (Å²) in [6.45, 7) is 6.11. The second-order valence-electron chi connectivity index (χ2n) is 5.06. The minimum absolute atomic E-state index is 0.205. The highest BCUT2D eigenvalue weighted by molar-refractivity contribution is 8.18. The Bertz CT molecular complexity index is 784. The van der Waals surface area contributed by atoms with Crippen LogP contribution >= 0.6 is 11.8 Å². The number of hydrogen-bond donors (Lipinski definition) is 1. The number of carbonyl (C=O) groups is 2. The summed E-state index contributed by atoms with van der Waals surface area (Å²) >= 11 is 1.01. The van der Waals surface area contributed by atoms with Crippen molar-refractivity contribution in [3.05, 3.63) is 53.0 Å². The van der Waals surface area contributed by atoms with Gasteiger partial charge in [-0.25, -0.2) is 4.79 Å². The van der Waals surface area contributed by atoms with E-state index in [0.29, 0.717) is 12.4 Å². The molecule has 2 rings (SSSR count). The Morgan fingerprint density at radius 1 is 1.44 bits per heavy atom. The van der Waals surface area contributed by atoms with Crippen LogP contribution in [0.5, 0.6) is 5.75 Å². The predicted octanol–water partition coefficient (Wildman–Crippen LogP) is 2.25. The summed E-state index contributed by atoms with van der Waals surface area (Å²) in [6.07, 6.45) is 2.64. The van der Waals surface area contributed by atoms with E-state index in [9.17, 15) is 9.59 Å². The summed E-state index contributed by atoms with van der Waals surface area (Å²) in [5, 5.41) is 10.7. The molecule has 0 atom stereocenters. The van der Waals surface area contributed by atoms with E-state index in [2.05, 4.69) is 26.8 Å². The molecule has 0 bridgehead atoms. The molecule has 130 valence electrons. The van der Waals surface area contributed by atoms with Crippen LogP contribution in [0.1, 0.15) is 12.5 Å². The zero-order chi connectivity index (χ0) is 18.2. The Morgan fingerprint density at radius 3 is 2.96 bits per heavy atom. The Hall–Kier alpha value is -2.87. The first-order chi connectivity index (χ1) is 12.0. The van der Waals surface area contributed by atoms with E-state index in [-0.39, 0.29) is 10.1 Å². The number of esters is 1. The lowest BCUT2D eigenvalue weighted by molar-refractivity contribution is -0.135. The molecule has 0 aliphatic carbocycles. The number of nitrogens with zero attached hydrogens (tertiary/aromatic N) is 2. The molecule has 1 N–H and O–H groups in total. The van der Waals surface area contributed by atoms with Crippen LogP contribution in [0.2, 0.25) is 0 Å². The average molecular weight is 359 g/mol. The van der Waals surface area contributed by atoms with Crippen molar-refractivity contribution in [2.45, 2.75) is 6.92 Å². The molecule has 1 aromatic rings. The van der Waals surface area contributed by atoms with E-state index in [0.717, 1.165) is 29.0 Å². The van der Waals surface area contributed by atoms with Crippen molar-refractivity contribution < 1.29 is 19.1 Å². The first-order valence-corrected chi connectivity index (χ1v) is 8.06. The molecule has 1 saturated heterocycles. The Kier molecular flexibility index (Phi) is 6.53. The fourth-order valence-electron chi connectivity index (χ4n) is 1.68. The van der Waals surface area contributed by atoms with Gasteiger partial charge in [0.15, 0.2) is 5.17 Å². The summed E-state index contributed by atoms with van der Waals surface area (Å²) in [5.41, 5.74) is 1.72. The lowest BCUT2D eigenvalue weighted by Gasteiger charge is -2.05. The lowest BCUT2D eigenvalue weighted by atomic mass is 10.2. The fourth-order valence-corrected chi connectivity index (χ4v) is 2.42. The number of rotatable bonds is 6. The number of methoxy groups -OCH3 is 1. The monoisotopic (exact) mass is 359 g/mol. The van der Waals surface area contributed by atoms with Crippen molar-refractivity contribution in [2.24, 2.45) is 10.2 Å². The Morgan fingerprint density at radius 2 is 2.24 bits per heavy atom. The van der Waals surface area contributed by atoms with Gasteiger partial charge in [0.2, 0.25) is 0 Å². The number of carbonyl (C=O) groups excluding carboxylic acids is 2. The number of amides is 1. The van der Waals surface area contributed by atoms with Gasteiger partial charge in [-0.15, -0.1) is 5.10 Å². The second-order valence-corrected chi connectivity index (χ2v) is 6.09. The second kappa shape index (κ2) is 8.84. The summed E-state index contributed by atoms with van der Waals surface area (Å²) in [6, 6.07) is 7.34. The maximum absolute atomic E-state index is 11.7. The fraction of sp³-hybridized carbons (Fsp3) is 0.176. The molecule has 0 saturated carbocycles. The lowest BCUT2D eigenvalue weighted by Crippen LogP contribution is -2.19. The van der Waals surface area contributed by atoms with E-state index >= 15 is 0 Å². The van der Waals surface area contributed by atoms with E-state index in [1.54, 1.807) is 0 Å². The van der Waals surface area contributed by atoms with E-state index in [1.807, 2.05) is 31.2 Å². The van der Waals surface area contributed by atoms with Crippen LogP contribution < -0.4 is 10.1 Å². The van der Waals surface area contributed by atoms with Crippen molar-refractivity contribution in [2.75, 3.05) is 13.7 Å². The van der Waals surface area contributed by atoms with E-state index in [4.69, 9.17) is 4.74 Å². The summed E-state index contributed by atoms with van der Waals surface area (Å²) < 4.78 is 10.0. The average Bonchev–Trinajstić information content (AvgIpc) is 2.93. The highest BCUT2D eigenvalue weighted by Crippen LogP contribution is 2.23. The van der Waals surface area contributed by atoms with Crippen molar-refractivity contribution >= 4 is 35.0 Å². The molecule has 0 spiro atoms. The van der Waals surface area contributed by atoms with Gasteiger partial charge >= 0.3 is 5.97 Å². The SMILES string of the molecule is C=C(C)COc1cccc(C=N/N=C2/NC(=O)/C(=C\C(=O)OC)S2)c1. The van der Waals surface area contributed by atoms with Crippen molar-refractivity contribution in [1.29, 1.82) is 0 Å². The zero-order valence-electron chi connectivity index (χ0n) is 13.8. The maximum Gasteiger partial charge on any atom is 0.331 e. The van der Waals surface area contributed by atoms with Gasteiger partial charge in [0.1, 0.15) is 12.4 Å². The molecule has 7 nitrogen and oxygen atoms in total. The smallest absolute Gasteiger partial charge is 0.331 e. The molecule has 1 aliphatic heterocycles. The summed E-state index contributed by atoms with van der Waals surface area (Å²) in [5.74, 6) is -0.319. The maximum atomic E-state index is 11.7. The van der Waals surface area contributed by atoms with Gasteiger partial charge in [0, 0.05) is 6.08 Å². The molecule has 1 amide bonds. The van der Waals surface area contributed by atoms with Gasteiger partial charge in [0.25, 0.3) is 5.91 Å². The largest absolute Gasteiger partial charge is 0.489 e. The van der Waals surface area contributed by atoms with Crippen LogP contribution in [-0.2, 0) is 14.3 Å². The first-order valence-electron chi connectivity index (χ1n) is 7.25. The number of ether oxygens (including phenoxy) is 2. The number of benzene rings is 1.